The lowest BCUT2D eigenvalue weighted by Crippen LogP contribution is -2.46. The number of hydrogen-bond donors (Lipinski definition) is 1. The van der Waals surface area contributed by atoms with Gasteiger partial charge in [-0.25, -0.2) is 0 Å². The molecule has 4 rings (SSSR count). The molecule has 0 radical (unpaired) electrons. The molecule has 29 heavy (non-hydrogen) atoms. The fourth-order valence-corrected chi connectivity index (χ4v) is 3.93. The molecule has 154 valence electrons. The highest BCUT2D eigenvalue weighted by Gasteiger charge is 2.36. The van der Waals surface area contributed by atoms with Gasteiger partial charge in [0.25, 0.3) is 5.91 Å². The molecule has 1 saturated heterocycles. The van der Waals surface area contributed by atoms with Gasteiger partial charge in [-0.15, -0.1) is 0 Å². The van der Waals surface area contributed by atoms with Crippen molar-refractivity contribution in [1.82, 2.24) is 4.90 Å². The van der Waals surface area contributed by atoms with Crippen molar-refractivity contribution in [2.45, 2.75) is 32.0 Å². The molecule has 2 unspecified atom stereocenters. The van der Waals surface area contributed by atoms with Gasteiger partial charge in [0.05, 0.1) is 18.3 Å². The van der Waals surface area contributed by atoms with E-state index in [2.05, 4.69) is 5.32 Å². The van der Waals surface area contributed by atoms with Crippen molar-refractivity contribution >= 4 is 11.6 Å². The highest BCUT2D eigenvalue weighted by Crippen LogP contribution is 2.37. The number of carbonyl (C=O) groups is 1. The first-order chi connectivity index (χ1) is 14.3. The maximum atomic E-state index is 13.4. The zero-order valence-electron chi connectivity index (χ0n) is 16.8. The van der Waals surface area contributed by atoms with Crippen LogP contribution in [0.5, 0.6) is 5.75 Å². The van der Waals surface area contributed by atoms with Crippen LogP contribution in [0.25, 0.3) is 0 Å². The van der Waals surface area contributed by atoms with Gasteiger partial charge in [0.2, 0.25) is 0 Å². The van der Waals surface area contributed by atoms with E-state index in [4.69, 9.17) is 14.2 Å². The third-order valence-electron chi connectivity index (χ3n) is 5.35. The molecule has 6 nitrogen and oxygen atoms in total. The van der Waals surface area contributed by atoms with Crippen LogP contribution in [0, 0.1) is 0 Å². The van der Waals surface area contributed by atoms with Crippen molar-refractivity contribution in [1.29, 1.82) is 0 Å². The quantitative estimate of drug-likeness (QED) is 0.687. The number of rotatable bonds is 8. The Labute approximate surface area is 171 Å². The van der Waals surface area contributed by atoms with Crippen LogP contribution >= 0.6 is 0 Å². The first-order valence-electron chi connectivity index (χ1n) is 10.4. The SMILES string of the molecule is CCOCCOc1ccccc1C1Nc2ccccc2C(=O)N1CC1CCCO1. The summed E-state index contributed by atoms with van der Waals surface area (Å²) in [5.74, 6) is 0.776. The number of nitrogens with one attached hydrogen (secondary N) is 1. The fourth-order valence-electron chi connectivity index (χ4n) is 3.93. The summed E-state index contributed by atoms with van der Waals surface area (Å²) < 4.78 is 17.2. The molecule has 2 heterocycles. The van der Waals surface area contributed by atoms with Gasteiger partial charge < -0.3 is 24.4 Å². The minimum Gasteiger partial charge on any atom is -0.491 e. The predicted octanol–water partition coefficient (Wildman–Crippen LogP) is 3.85. The summed E-state index contributed by atoms with van der Waals surface area (Å²) in [6, 6.07) is 15.5. The van der Waals surface area contributed by atoms with E-state index in [1.165, 1.54) is 0 Å². The summed E-state index contributed by atoms with van der Waals surface area (Å²) in [7, 11) is 0. The summed E-state index contributed by atoms with van der Waals surface area (Å²) in [5.41, 5.74) is 2.47. The van der Waals surface area contributed by atoms with Gasteiger partial charge in [-0.1, -0.05) is 30.3 Å². The Morgan fingerprint density at radius 3 is 2.79 bits per heavy atom. The molecule has 2 atom stereocenters. The van der Waals surface area contributed by atoms with Gasteiger partial charge in [0, 0.05) is 31.0 Å². The molecule has 2 aliphatic rings. The van der Waals surface area contributed by atoms with Gasteiger partial charge in [0.1, 0.15) is 18.5 Å². The van der Waals surface area contributed by atoms with Crippen LogP contribution in [0.1, 0.15) is 41.9 Å². The van der Waals surface area contributed by atoms with Crippen molar-refractivity contribution in [2.24, 2.45) is 0 Å². The minimum atomic E-state index is -0.315. The summed E-state index contributed by atoms with van der Waals surface area (Å²) in [6.07, 6.45) is 1.77. The maximum absolute atomic E-state index is 13.4. The van der Waals surface area contributed by atoms with Crippen molar-refractivity contribution in [2.75, 3.05) is 38.3 Å². The third kappa shape index (κ3) is 4.38. The van der Waals surface area contributed by atoms with Crippen molar-refractivity contribution in [3.63, 3.8) is 0 Å². The monoisotopic (exact) mass is 396 g/mol. The number of nitrogens with zero attached hydrogens (tertiary/aromatic N) is 1. The molecular formula is C23H28N2O4. The third-order valence-corrected chi connectivity index (χ3v) is 5.35. The molecule has 0 aliphatic carbocycles. The molecule has 2 aliphatic heterocycles. The van der Waals surface area contributed by atoms with E-state index in [9.17, 15) is 4.79 Å². The number of para-hydroxylation sites is 2. The second-order valence-electron chi connectivity index (χ2n) is 7.27. The van der Waals surface area contributed by atoms with E-state index < -0.39 is 0 Å². The van der Waals surface area contributed by atoms with E-state index in [-0.39, 0.29) is 18.2 Å². The molecule has 1 N–H and O–H groups in total. The number of fused-ring (bicyclic) bond motifs is 1. The molecule has 1 fully saturated rings. The van der Waals surface area contributed by atoms with Crippen LogP contribution < -0.4 is 10.1 Å². The lowest BCUT2D eigenvalue weighted by molar-refractivity contribution is 0.0422. The second kappa shape index (κ2) is 9.29. The molecule has 0 saturated carbocycles. The lowest BCUT2D eigenvalue weighted by atomic mass is 10.0. The predicted molar refractivity (Wildman–Crippen MR) is 111 cm³/mol. The first-order valence-corrected chi connectivity index (χ1v) is 10.4. The standard InChI is InChI=1S/C23H28N2O4/c1-2-27-14-15-29-21-12-6-4-10-19(21)22-24-20-11-5-3-9-18(20)23(26)25(22)16-17-8-7-13-28-17/h3-6,9-12,17,22,24H,2,7-8,13-16H2,1H3. The highest BCUT2D eigenvalue weighted by atomic mass is 16.5. The van der Waals surface area contributed by atoms with E-state index in [1.807, 2.05) is 60.4 Å². The first kappa shape index (κ1) is 19.7. The van der Waals surface area contributed by atoms with Gasteiger partial charge in [-0.2, -0.15) is 0 Å². The summed E-state index contributed by atoms with van der Waals surface area (Å²) >= 11 is 0. The Bertz CT molecular complexity index is 835. The van der Waals surface area contributed by atoms with Crippen molar-refractivity contribution in [3.8, 4) is 5.75 Å². The van der Waals surface area contributed by atoms with Crippen LogP contribution in [-0.4, -0.2) is 49.9 Å². The topological polar surface area (TPSA) is 60.0 Å². The normalized spacial score (nSPS) is 21.0. The molecule has 0 aromatic heterocycles. The van der Waals surface area contributed by atoms with Gasteiger partial charge in [-0.3, -0.25) is 4.79 Å². The largest absolute Gasteiger partial charge is 0.491 e. The molecule has 1 amide bonds. The molecule has 2 aromatic rings. The second-order valence-corrected chi connectivity index (χ2v) is 7.27. The fraction of sp³-hybridized carbons (Fsp3) is 0.435. The van der Waals surface area contributed by atoms with Crippen LogP contribution in [-0.2, 0) is 9.47 Å². The number of benzene rings is 2. The molecule has 0 spiro atoms. The Hall–Kier alpha value is -2.57. The number of carbonyl (C=O) groups excluding carboxylic acids is 1. The van der Waals surface area contributed by atoms with Crippen LogP contribution in [0.15, 0.2) is 48.5 Å². The number of anilines is 1. The number of amides is 1. The van der Waals surface area contributed by atoms with Gasteiger partial charge in [0.15, 0.2) is 0 Å². The summed E-state index contributed by atoms with van der Waals surface area (Å²) in [4.78, 5) is 15.2. The van der Waals surface area contributed by atoms with E-state index >= 15 is 0 Å². The molecule has 2 aromatic carbocycles. The van der Waals surface area contributed by atoms with Gasteiger partial charge >= 0.3 is 0 Å². The molecule has 6 heteroatoms. The van der Waals surface area contributed by atoms with Crippen LogP contribution in [0.2, 0.25) is 0 Å². The maximum Gasteiger partial charge on any atom is 0.257 e. The molecule has 0 bridgehead atoms. The summed E-state index contributed by atoms with van der Waals surface area (Å²) in [5, 5.41) is 3.55. The Kier molecular flexibility index (Phi) is 6.32. The smallest absolute Gasteiger partial charge is 0.257 e. The van der Waals surface area contributed by atoms with Crippen molar-refractivity contribution in [3.05, 3.63) is 59.7 Å². The Morgan fingerprint density at radius 1 is 1.14 bits per heavy atom. The average molecular weight is 396 g/mol. The van der Waals surface area contributed by atoms with E-state index in [0.29, 0.717) is 31.9 Å². The highest BCUT2D eigenvalue weighted by molar-refractivity contribution is 6.01. The minimum absolute atomic E-state index is 0.0176. The van der Waals surface area contributed by atoms with Gasteiger partial charge in [-0.05, 0) is 38.0 Å². The van der Waals surface area contributed by atoms with E-state index in [1.54, 1.807) is 0 Å². The van der Waals surface area contributed by atoms with Crippen molar-refractivity contribution < 1.29 is 19.0 Å². The summed E-state index contributed by atoms with van der Waals surface area (Å²) in [6.45, 7) is 4.94. The van der Waals surface area contributed by atoms with E-state index in [0.717, 1.165) is 36.4 Å². The Morgan fingerprint density at radius 2 is 1.97 bits per heavy atom. The zero-order chi connectivity index (χ0) is 20.1. The average Bonchev–Trinajstić information content (AvgIpc) is 3.27. The lowest BCUT2D eigenvalue weighted by Gasteiger charge is -2.39. The number of hydrogen-bond acceptors (Lipinski definition) is 5. The Balaban J connectivity index is 1.63. The molecular weight excluding hydrogens is 368 g/mol. The van der Waals surface area contributed by atoms with Crippen LogP contribution in [0.4, 0.5) is 5.69 Å². The number of ether oxygens (including phenoxy) is 3. The van der Waals surface area contributed by atoms with Crippen LogP contribution in [0.3, 0.4) is 0 Å². The zero-order valence-corrected chi connectivity index (χ0v) is 16.8.